The van der Waals surface area contributed by atoms with Crippen LogP contribution in [-0.2, 0) is 14.3 Å². The summed E-state index contributed by atoms with van der Waals surface area (Å²) in [7, 11) is 0. The lowest BCUT2D eigenvalue weighted by molar-refractivity contribution is -0.146. The van der Waals surface area contributed by atoms with Crippen LogP contribution in [-0.4, -0.2) is 31.8 Å². The average Bonchev–Trinajstić information content (AvgIpc) is 2.92. The Bertz CT molecular complexity index is 396. The van der Waals surface area contributed by atoms with Crippen LogP contribution in [0.15, 0.2) is 24.3 Å². The summed E-state index contributed by atoms with van der Waals surface area (Å²) in [6.45, 7) is 3.82. The lowest BCUT2D eigenvalue weighted by Crippen LogP contribution is -2.19. The normalized spacial score (nSPS) is 18.3. The molecule has 1 saturated heterocycles. The van der Waals surface area contributed by atoms with Gasteiger partial charge >= 0.3 is 5.97 Å². The largest absolute Gasteiger partial charge is 0.463 e. The second kappa shape index (κ2) is 7.14. The molecule has 1 atom stereocenters. The Kier molecular flexibility index (Phi) is 5.21. The van der Waals surface area contributed by atoms with E-state index >= 15 is 0 Å². The third-order valence-electron chi connectivity index (χ3n) is 3.16. The monoisotopic (exact) mass is 263 g/mol. The molecule has 1 aromatic rings. The molecule has 104 valence electrons. The summed E-state index contributed by atoms with van der Waals surface area (Å²) in [6, 6.07) is 8.09. The summed E-state index contributed by atoms with van der Waals surface area (Å²) in [5, 5.41) is 3.20. The van der Waals surface area contributed by atoms with Crippen molar-refractivity contribution in [2.75, 3.05) is 25.1 Å². The van der Waals surface area contributed by atoms with Gasteiger partial charge in [0.1, 0.15) is 6.61 Å². The number of carbonyl (C=O) groups is 1. The van der Waals surface area contributed by atoms with Crippen LogP contribution >= 0.6 is 0 Å². The van der Waals surface area contributed by atoms with E-state index in [-0.39, 0.29) is 12.1 Å². The standard InChI is InChI=1S/C15H21NO3/c1-12-4-6-13(7-5-12)16-9-8-15(17)19-11-14-3-2-10-18-14/h4-7,14,16H,2-3,8-11H2,1H3. The lowest BCUT2D eigenvalue weighted by atomic mass is 10.2. The van der Waals surface area contributed by atoms with Crippen LogP contribution in [0.5, 0.6) is 0 Å². The predicted octanol–water partition coefficient (Wildman–Crippen LogP) is 2.52. The summed E-state index contributed by atoms with van der Waals surface area (Å²) >= 11 is 0. The summed E-state index contributed by atoms with van der Waals surface area (Å²) in [5.41, 5.74) is 2.25. The Morgan fingerprint density at radius 3 is 2.89 bits per heavy atom. The highest BCUT2D eigenvalue weighted by Gasteiger charge is 2.17. The van der Waals surface area contributed by atoms with E-state index in [0.717, 1.165) is 25.1 Å². The van der Waals surface area contributed by atoms with Crippen molar-refractivity contribution in [2.24, 2.45) is 0 Å². The van der Waals surface area contributed by atoms with Gasteiger partial charge in [-0.1, -0.05) is 17.7 Å². The van der Waals surface area contributed by atoms with Crippen LogP contribution in [0.2, 0.25) is 0 Å². The van der Waals surface area contributed by atoms with Crippen molar-refractivity contribution in [1.82, 2.24) is 0 Å². The van der Waals surface area contributed by atoms with Gasteiger partial charge in [-0.25, -0.2) is 0 Å². The Balaban J connectivity index is 1.59. The number of ether oxygens (including phenoxy) is 2. The maximum absolute atomic E-state index is 11.5. The first-order chi connectivity index (χ1) is 9.24. The fourth-order valence-electron chi connectivity index (χ4n) is 2.01. The van der Waals surface area contributed by atoms with Gasteiger partial charge in [-0.3, -0.25) is 4.79 Å². The van der Waals surface area contributed by atoms with Gasteiger partial charge < -0.3 is 14.8 Å². The summed E-state index contributed by atoms with van der Waals surface area (Å²) in [4.78, 5) is 11.5. The van der Waals surface area contributed by atoms with Crippen molar-refractivity contribution in [3.8, 4) is 0 Å². The summed E-state index contributed by atoms with van der Waals surface area (Å²) < 4.78 is 10.6. The number of anilines is 1. The molecule has 1 unspecified atom stereocenters. The second-order valence-corrected chi connectivity index (χ2v) is 4.86. The van der Waals surface area contributed by atoms with Gasteiger partial charge in [-0.2, -0.15) is 0 Å². The maximum Gasteiger partial charge on any atom is 0.307 e. The number of hydrogen-bond donors (Lipinski definition) is 1. The zero-order valence-corrected chi connectivity index (χ0v) is 11.4. The molecule has 1 aromatic carbocycles. The van der Waals surface area contributed by atoms with Gasteiger partial charge in [0.15, 0.2) is 0 Å². The molecule has 1 heterocycles. The van der Waals surface area contributed by atoms with E-state index in [9.17, 15) is 4.79 Å². The number of benzene rings is 1. The van der Waals surface area contributed by atoms with Gasteiger partial charge in [0.2, 0.25) is 0 Å². The molecule has 1 fully saturated rings. The molecule has 0 saturated carbocycles. The maximum atomic E-state index is 11.5. The minimum absolute atomic E-state index is 0.106. The third-order valence-corrected chi connectivity index (χ3v) is 3.16. The molecule has 0 spiro atoms. The van der Waals surface area contributed by atoms with Crippen molar-refractivity contribution >= 4 is 11.7 Å². The first-order valence-electron chi connectivity index (χ1n) is 6.82. The quantitative estimate of drug-likeness (QED) is 0.801. The number of hydrogen-bond acceptors (Lipinski definition) is 4. The molecule has 0 bridgehead atoms. The van der Waals surface area contributed by atoms with Gasteiger partial charge in [-0.05, 0) is 31.9 Å². The zero-order valence-electron chi connectivity index (χ0n) is 11.4. The topological polar surface area (TPSA) is 47.6 Å². The highest BCUT2D eigenvalue weighted by atomic mass is 16.6. The minimum Gasteiger partial charge on any atom is -0.463 e. The highest BCUT2D eigenvalue weighted by Crippen LogP contribution is 2.12. The minimum atomic E-state index is -0.171. The number of rotatable bonds is 6. The molecule has 0 aliphatic carbocycles. The van der Waals surface area contributed by atoms with E-state index in [4.69, 9.17) is 9.47 Å². The van der Waals surface area contributed by atoms with Gasteiger partial charge in [0.25, 0.3) is 0 Å². The summed E-state index contributed by atoms with van der Waals surface area (Å²) in [5.74, 6) is -0.171. The van der Waals surface area contributed by atoms with Crippen LogP contribution in [0, 0.1) is 6.92 Å². The molecule has 0 amide bonds. The SMILES string of the molecule is Cc1ccc(NCCC(=O)OCC2CCCO2)cc1. The smallest absolute Gasteiger partial charge is 0.307 e. The fourth-order valence-corrected chi connectivity index (χ4v) is 2.01. The number of aryl methyl sites for hydroxylation is 1. The van der Waals surface area contributed by atoms with Crippen LogP contribution in [0.1, 0.15) is 24.8 Å². The molecule has 2 rings (SSSR count). The molecule has 1 aliphatic heterocycles. The average molecular weight is 263 g/mol. The van der Waals surface area contributed by atoms with Crippen LogP contribution in [0.25, 0.3) is 0 Å². The predicted molar refractivity (Wildman–Crippen MR) is 74.2 cm³/mol. The van der Waals surface area contributed by atoms with Crippen LogP contribution in [0.3, 0.4) is 0 Å². The Morgan fingerprint density at radius 2 is 2.21 bits per heavy atom. The van der Waals surface area contributed by atoms with E-state index in [1.54, 1.807) is 0 Å². The molecule has 4 nitrogen and oxygen atoms in total. The van der Waals surface area contributed by atoms with Crippen molar-refractivity contribution in [3.05, 3.63) is 29.8 Å². The molecular formula is C15H21NO3. The van der Waals surface area contributed by atoms with Crippen LogP contribution in [0.4, 0.5) is 5.69 Å². The van der Waals surface area contributed by atoms with E-state index < -0.39 is 0 Å². The van der Waals surface area contributed by atoms with Crippen molar-refractivity contribution in [1.29, 1.82) is 0 Å². The molecule has 1 aliphatic rings. The second-order valence-electron chi connectivity index (χ2n) is 4.86. The molecule has 1 N–H and O–H groups in total. The molecule has 0 aromatic heterocycles. The first-order valence-corrected chi connectivity index (χ1v) is 6.82. The Morgan fingerprint density at radius 1 is 1.42 bits per heavy atom. The summed E-state index contributed by atoms with van der Waals surface area (Å²) in [6.07, 6.45) is 2.54. The van der Waals surface area contributed by atoms with Crippen molar-refractivity contribution in [3.63, 3.8) is 0 Å². The molecule has 4 heteroatoms. The number of carbonyl (C=O) groups excluding carboxylic acids is 1. The third kappa shape index (κ3) is 4.91. The first kappa shape index (κ1) is 13.9. The number of nitrogens with one attached hydrogen (secondary N) is 1. The number of esters is 1. The van der Waals surface area contributed by atoms with E-state index in [2.05, 4.69) is 5.32 Å². The Hall–Kier alpha value is -1.55. The molecule has 0 radical (unpaired) electrons. The highest BCUT2D eigenvalue weighted by molar-refractivity contribution is 5.70. The Labute approximate surface area is 114 Å². The van der Waals surface area contributed by atoms with Gasteiger partial charge in [0.05, 0.1) is 12.5 Å². The lowest BCUT2D eigenvalue weighted by Gasteiger charge is -2.10. The van der Waals surface area contributed by atoms with Gasteiger partial charge in [-0.15, -0.1) is 0 Å². The van der Waals surface area contributed by atoms with E-state index in [1.807, 2.05) is 31.2 Å². The van der Waals surface area contributed by atoms with Crippen molar-refractivity contribution < 1.29 is 14.3 Å². The van der Waals surface area contributed by atoms with Crippen LogP contribution < -0.4 is 5.32 Å². The zero-order chi connectivity index (χ0) is 13.5. The van der Waals surface area contributed by atoms with E-state index in [1.165, 1.54) is 5.56 Å². The van der Waals surface area contributed by atoms with Gasteiger partial charge in [0, 0.05) is 18.8 Å². The van der Waals surface area contributed by atoms with Crippen molar-refractivity contribution in [2.45, 2.75) is 32.3 Å². The fraction of sp³-hybridized carbons (Fsp3) is 0.533. The molecular weight excluding hydrogens is 242 g/mol. The van der Waals surface area contributed by atoms with E-state index in [0.29, 0.717) is 19.6 Å². The molecule has 19 heavy (non-hydrogen) atoms.